The van der Waals surface area contributed by atoms with Gasteiger partial charge >= 0.3 is 0 Å². The predicted molar refractivity (Wildman–Crippen MR) is 82.6 cm³/mol. The Morgan fingerprint density at radius 3 is 2.82 bits per heavy atom. The molecule has 0 atom stereocenters. The summed E-state index contributed by atoms with van der Waals surface area (Å²) in [5.41, 5.74) is 2.56. The molecule has 3 rings (SSSR count). The van der Waals surface area contributed by atoms with E-state index in [0.717, 1.165) is 29.7 Å². The van der Waals surface area contributed by atoms with Crippen LogP contribution in [-0.2, 0) is 27.5 Å². The number of benzene rings is 1. The van der Waals surface area contributed by atoms with Gasteiger partial charge in [0.1, 0.15) is 0 Å². The third-order valence-corrected chi connectivity index (χ3v) is 4.94. The number of rotatable bonds is 3. The Morgan fingerprint density at radius 2 is 2.14 bits per heavy atom. The van der Waals surface area contributed by atoms with Crippen molar-refractivity contribution >= 4 is 21.4 Å². The van der Waals surface area contributed by atoms with Crippen molar-refractivity contribution in [1.82, 2.24) is 0 Å². The molecule has 116 valence electrons. The van der Waals surface area contributed by atoms with Crippen LogP contribution < -0.4 is 4.90 Å². The Balaban J connectivity index is 1.89. The van der Waals surface area contributed by atoms with E-state index in [4.69, 9.17) is 4.42 Å². The number of furan rings is 1. The van der Waals surface area contributed by atoms with Crippen LogP contribution in [0.3, 0.4) is 0 Å². The van der Waals surface area contributed by atoms with Crippen molar-refractivity contribution in [2.24, 2.45) is 0 Å². The molecule has 0 unspecified atom stereocenters. The van der Waals surface area contributed by atoms with Gasteiger partial charge in [-0.2, -0.15) is 0 Å². The van der Waals surface area contributed by atoms with Gasteiger partial charge in [0, 0.05) is 18.5 Å². The third-order valence-electron chi connectivity index (χ3n) is 3.83. The summed E-state index contributed by atoms with van der Waals surface area (Å²) in [6.45, 7) is 0.655. The van der Waals surface area contributed by atoms with Crippen molar-refractivity contribution in [2.45, 2.75) is 24.2 Å². The number of hydrogen-bond donors (Lipinski definition) is 0. The molecule has 2 aromatic rings. The molecular weight excluding hydrogens is 302 g/mol. The van der Waals surface area contributed by atoms with Gasteiger partial charge < -0.3 is 9.32 Å². The van der Waals surface area contributed by atoms with Crippen LogP contribution >= 0.6 is 0 Å². The van der Waals surface area contributed by atoms with E-state index in [0.29, 0.717) is 11.4 Å². The Morgan fingerprint density at radius 1 is 1.32 bits per heavy atom. The van der Waals surface area contributed by atoms with Crippen molar-refractivity contribution in [1.29, 1.82) is 0 Å². The fourth-order valence-corrected chi connectivity index (χ4v) is 3.40. The summed E-state index contributed by atoms with van der Waals surface area (Å²) >= 11 is 0. The molecule has 0 radical (unpaired) electrons. The zero-order valence-corrected chi connectivity index (χ0v) is 13.1. The van der Waals surface area contributed by atoms with E-state index in [1.165, 1.54) is 6.26 Å². The summed E-state index contributed by atoms with van der Waals surface area (Å²) in [4.78, 5) is 14.5. The summed E-state index contributed by atoms with van der Waals surface area (Å²) in [6.07, 6.45) is 6.20. The third kappa shape index (κ3) is 2.92. The molecule has 1 aliphatic rings. The number of sulfone groups is 1. The molecule has 0 spiro atoms. The van der Waals surface area contributed by atoms with Crippen molar-refractivity contribution in [3.8, 4) is 0 Å². The number of carbonyl (C=O) groups excluding carboxylic acids is 1. The fourth-order valence-electron chi connectivity index (χ4n) is 2.73. The average molecular weight is 319 g/mol. The average Bonchev–Trinajstić information content (AvgIpc) is 2.98. The summed E-state index contributed by atoms with van der Waals surface area (Å²) in [5.74, 6) is -0.00513. The molecule has 0 saturated heterocycles. The highest BCUT2D eigenvalue weighted by atomic mass is 32.2. The minimum absolute atomic E-state index is 0.00513. The largest absolute Gasteiger partial charge is 0.472 e. The Bertz CT molecular complexity index is 794. The molecule has 0 fully saturated rings. The minimum atomic E-state index is -3.23. The number of anilines is 1. The van der Waals surface area contributed by atoms with Gasteiger partial charge in [-0.3, -0.25) is 4.79 Å². The number of carbonyl (C=O) groups is 1. The summed E-state index contributed by atoms with van der Waals surface area (Å²) in [5, 5.41) is 0. The number of nitrogens with zero attached hydrogens (tertiary/aromatic N) is 1. The van der Waals surface area contributed by atoms with Crippen LogP contribution in [-0.4, -0.2) is 27.1 Å². The van der Waals surface area contributed by atoms with Crippen LogP contribution in [0.5, 0.6) is 0 Å². The summed E-state index contributed by atoms with van der Waals surface area (Å²) in [6, 6.07) is 6.76. The lowest BCUT2D eigenvalue weighted by atomic mass is 10.0. The van der Waals surface area contributed by atoms with E-state index in [9.17, 15) is 13.2 Å². The standard InChI is InChI=1S/C16H17NO4S/c1-22(19,20)14-4-5-15-13(10-14)3-2-7-17(15)16(18)9-12-6-8-21-11-12/h4-6,8,10-11H,2-3,7,9H2,1H3. The van der Waals surface area contributed by atoms with Crippen LogP contribution in [0.2, 0.25) is 0 Å². The van der Waals surface area contributed by atoms with Gasteiger partial charge in [0.25, 0.3) is 0 Å². The highest BCUT2D eigenvalue weighted by molar-refractivity contribution is 7.90. The number of amides is 1. The van der Waals surface area contributed by atoms with Gasteiger partial charge in [-0.25, -0.2) is 8.42 Å². The molecule has 0 aliphatic carbocycles. The molecule has 0 N–H and O–H groups in total. The van der Waals surface area contributed by atoms with Crippen molar-refractivity contribution in [3.05, 3.63) is 47.9 Å². The number of aryl methyl sites for hydroxylation is 1. The number of fused-ring (bicyclic) bond motifs is 1. The highest BCUT2D eigenvalue weighted by Crippen LogP contribution is 2.30. The van der Waals surface area contributed by atoms with E-state index in [1.54, 1.807) is 41.7 Å². The molecule has 1 aromatic carbocycles. The maximum atomic E-state index is 12.5. The lowest BCUT2D eigenvalue weighted by Crippen LogP contribution is -2.36. The van der Waals surface area contributed by atoms with E-state index in [-0.39, 0.29) is 12.3 Å². The monoisotopic (exact) mass is 319 g/mol. The normalized spacial score (nSPS) is 14.7. The van der Waals surface area contributed by atoms with Gasteiger partial charge in [0.15, 0.2) is 9.84 Å². The zero-order valence-electron chi connectivity index (χ0n) is 12.3. The lowest BCUT2D eigenvalue weighted by Gasteiger charge is -2.29. The quantitative estimate of drug-likeness (QED) is 0.870. The lowest BCUT2D eigenvalue weighted by molar-refractivity contribution is -0.118. The molecule has 0 saturated carbocycles. The van der Waals surface area contributed by atoms with Gasteiger partial charge in [0.05, 0.1) is 23.8 Å². The Hall–Kier alpha value is -2.08. The van der Waals surface area contributed by atoms with Crippen molar-refractivity contribution < 1.29 is 17.6 Å². The van der Waals surface area contributed by atoms with E-state index in [1.807, 2.05) is 0 Å². The molecule has 22 heavy (non-hydrogen) atoms. The second-order valence-corrected chi connectivity index (χ2v) is 7.54. The van der Waals surface area contributed by atoms with Crippen molar-refractivity contribution in [3.63, 3.8) is 0 Å². The van der Waals surface area contributed by atoms with Gasteiger partial charge in [-0.15, -0.1) is 0 Å². The molecule has 1 aliphatic heterocycles. The highest BCUT2D eigenvalue weighted by Gasteiger charge is 2.24. The SMILES string of the molecule is CS(=O)(=O)c1ccc2c(c1)CCCN2C(=O)Cc1ccoc1. The predicted octanol–water partition coefficient (Wildman–Crippen LogP) is 2.21. The Labute approximate surface area is 129 Å². The molecule has 5 nitrogen and oxygen atoms in total. The van der Waals surface area contributed by atoms with Crippen molar-refractivity contribution in [2.75, 3.05) is 17.7 Å². The topological polar surface area (TPSA) is 67.6 Å². The van der Waals surface area contributed by atoms with Gasteiger partial charge in [0.2, 0.25) is 5.91 Å². The maximum absolute atomic E-state index is 12.5. The zero-order chi connectivity index (χ0) is 15.7. The first-order chi connectivity index (χ1) is 10.4. The smallest absolute Gasteiger partial charge is 0.231 e. The minimum Gasteiger partial charge on any atom is -0.472 e. The second kappa shape index (κ2) is 5.61. The summed E-state index contributed by atoms with van der Waals surface area (Å²) < 4.78 is 28.3. The first-order valence-electron chi connectivity index (χ1n) is 7.09. The molecule has 1 aromatic heterocycles. The van der Waals surface area contributed by atoms with E-state index in [2.05, 4.69) is 0 Å². The van der Waals surface area contributed by atoms with E-state index < -0.39 is 9.84 Å². The molecule has 2 heterocycles. The molecular formula is C16H17NO4S. The molecule has 0 bridgehead atoms. The van der Waals surface area contributed by atoms with Gasteiger partial charge in [-0.1, -0.05) is 0 Å². The second-order valence-electron chi connectivity index (χ2n) is 5.52. The Kier molecular flexibility index (Phi) is 3.78. The summed E-state index contributed by atoms with van der Waals surface area (Å²) in [7, 11) is -3.23. The molecule has 1 amide bonds. The first-order valence-corrected chi connectivity index (χ1v) is 8.99. The van der Waals surface area contributed by atoms with Crippen LogP contribution in [0, 0.1) is 0 Å². The number of hydrogen-bond acceptors (Lipinski definition) is 4. The van der Waals surface area contributed by atoms with Crippen LogP contribution in [0.25, 0.3) is 0 Å². The molecule has 6 heteroatoms. The first kappa shape index (κ1) is 14.8. The van der Waals surface area contributed by atoms with Crippen LogP contribution in [0.15, 0.2) is 46.1 Å². The van der Waals surface area contributed by atoms with Crippen LogP contribution in [0.4, 0.5) is 5.69 Å². The maximum Gasteiger partial charge on any atom is 0.231 e. The van der Waals surface area contributed by atoms with Crippen LogP contribution in [0.1, 0.15) is 17.5 Å². The fraction of sp³-hybridized carbons (Fsp3) is 0.312. The van der Waals surface area contributed by atoms with Gasteiger partial charge in [-0.05, 0) is 48.2 Å². The van der Waals surface area contributed by atoms with E-state index >= 15 is 0 Å².